The first-order valence-electron chi connectivity index (χ1n) is 12.0. The molecular formula is C27H27N6OS+. The smallest absolute Gasteiger partial charge is 0.256 e. The van der Waals surface area contributed by atoms with Crippen molar-refractivity contribution in [1.82, 2.24) is 14.9 Å². The summed E-state index contributed by atoms with van der Waals surface area (Å²) in [6.07, 6.45) is 10.4. The summed E-state index contributed by atoms with van der Waals surface area (Å²) in [6.45, 7) is 5.00. The maximum absolute atomic E-state index is 13.1. The van der Waals surface area contributed by atoms with Gasteiger partial charge in [0.2, 0.25) is 0 Å². The average molecular weight is 484 g/mol. The van der Waals surface area contributed by atoms with Crippen molar-refractivity contribution >= 4 is 23.4 Å². The van der Waals surface area contributed by atoms with Gasteiger partial charge in [-0.3, -0.25) is 9.78 Å². The van der Waals surface area contributed by atoms with Gasteiger partial charge < -0.3 is 9.80 Å². The molecule has 1 aromatic carbocycles. The Morgan fingerprint density at radius 2 is 2.00 bits per heavy atom. The summed E-state index contributed by atoms with van der Waals surface area (Å²) < 4.78 is 0.621. The average Bonchev–Trinajstić information content (AvgIpc) is 3.66. The number of carbonyl (C=O) groups excluding carboxylic acids is 1. The third kappa shape index (κ3) is 3.86. The summed E-state index contributed by atoms with van der Waals surface area (Å²) in [7, 11) is 0. The SMILES string of the molecule is N#Cc1ccc(N2CCN([N@@+]34C=CC=C3C=C(C(=O)N3CCSC3)C4)CC2)c(-c2ccccn2)c1. The Morgan fingerprint density at radius 1 is 1.11 bits per heavy atom. The van der Waals surface area contributed by atoms with Crippen molar-refractivity contribution in [3.8, 4) is 17.3 Å². The summed E-state index contributed by atoms with van der Waals surface area (Å²) >= 11 is 1.82. The number of piperazine rings is 1. The van der Waals surface area contributed by atoms with E-state index in [1.165, 1.54) is 5.70 Å². The zero-order chi connectivity index (χ0) is 23.8. The van der Waals surface area contributed by atoms with Crippen LogP contribution in [0.4, 0.5) is 5.69 Å². The molecule has 7 nitrogen and oxygen atoms in total. The Labute approximate surface area is 209 Å². The van der Waals surface area contributed by atoms with Crippen LogP contribution in [-0.2, 0) is 4.79 Å². The lowest BCUT2D eigenvalue weighted by molar-refractivity contribution is -0.948. The summed E-state index contributed by atoms with van der Waals surface area (Å²) in [5.41, 5.74) is 5.71. The Balaban J connectivity index is 1.21. The molecule has 2 aromatic rings. The highest BCUT2D eigenvalue weighted by atomic mass is 32.2. The third-order valence-corrected chi connectivity index (χ3v) is 8.23. The second-order valence-electron chi connectivity index (χ2n) is 9.19. The molecule has 2 saturated heterocycles. The molecule has 4 aliphatic heterocycles. The number of hydrogen-bond acceptors (Lipinski definition) is 6. The molecule has 0 bridgehead atoms. The quantitative estimate of drug-likeness (QED) is 0.622. The molecule has 0 radical (unpaired) electrons. The number of nitriles is 1. The van der Waals surface area contributed by atoms with E-state index >= 15 is 0 Å². The summed E-state index contributed by atoms with van der Waals surface area (Å²) in [5, 5.41) is 11.9. The second kappa shape index (κ2) is 9.00. The van der Waals surface area contributed by atoms with Crippen LogP contribution in [0.25, 0.3) is 11.3 Å². The van der Waals surface area contributed by atoms with Crippen LogP contribution in [0.3, 0.4) is 0 Å². The molecule has 0 aliphatic carbocycles. The van der Waals surface area contributed by atoms with Gasteiger partial charge in [-0.15, -0.1) is 16.8 Å². The zero-order valence-electron chi connectivity index (χ0n) is 19.5. The molecule has 0 saturated carbocycles. The van der Waals surface area contributed by atoms with Crippen LogP contribution in [0.15, 0.2) is 78.3 Å². The molecule has 0 unspecified atom stereocenters. The van der Waals surface area contributed by atoms with Gasteiger partial charge in [-0.25, -0.2) is 0 Å². The van der Waals surface area contributed by atoms with Gasteiger partial charge >= 0.3 is 0 Å². The molecule has 8 heteroatoms. The first-order chi connectivity index (χ1) is 17.2. The normalized spacial score (nSPS) is 23.7. The number of allylic oxidation sites excluding steroid dienone is 3. The highest BCUT2D eigenvalue weighted by molar-refractivity contribution is 7.99. The van der Waals surface area contributed by atoms with Crippen molar-refractivity contribution in [3.63, 3.8) is 0 Å². The summed E-state index contributed by atoms with van der Waals surface area (Å²) in [6, 6.07) is 14.0. The maximum atomic E-state index is 13.1. The Hall–Kier alpha value is -3.38. The Kier molecular flexibility index (Phi) is 5.69. The number of anilines is 1. The topological polar surface area (TPSA) is 63.5 Å². The fraction of sp³-hybridized carbons (Fsp3) is 0.296. The number of pyridine rings is 1. The van der Waals surface area contributed by atoms with Crippen molar-refractivity contribution in [2.75, 3.05) is 55.8 Å². The van der Waals surface area contributed by atoms with Crippen LogP contribution >= 0.6 is 11.8 Å². The molecule has 1 atom stereocenters. The van der Waals surface area contributed by atoms with Gasteiger partial charge in [0.05, 0.1) is 41.9 Å². The van der Waals surface area contributed by atoms with E-state index in [4.69, 9.17) is 0 Å². The first kappa shape index (κ1) is 22.1. The number of rotatable bonds is 4. The molecule has 35 heavy (non-hydrogen) atoms. The van der Waals surface area contributed by atoms with E-state index in [-0.39, 0.29) is 5.91 Å². The van der Waals surface area contributed by atoms with E-state index < -0.39 is 0 Å². The Bertz CT molecular complexity index is 1280. The van der Waals surface area contributed by atoms with Crippen LogP contribution in [0, 0.1) is 11.3 Å². The number of quaternary nitrogens is 1. The molecule has 176 valence electrons. The molecule has 5 heterocycles. The minimum atomic E-state index is 0.187. The van der Waals surface area contributed by atoms with E-state index in [1.54, 1.807) is 6.20 Å². The van der Waals surface area contributed by atoms with E-state index in [2.05, 4.69) is 45.4 Å². The lowest BCUT2D eigenvalue weighted by Crippen LogP contribution is -2.60. The van der Waals surface area contributed by atoms with Crippen LogP contribution in [-0.4, -0.2) is 76.3 Å². The van der Waals surface area contributed by atoms with Gasteiger partial charge in [0.15, 0.2) is 5.70 Å². The fourth-order valence-electron chi connectivity index (χ4n) is 5.45. The predicted octanol–water partition coefficient (Wildman–Crippen LogP) is 3.36. The van der Waals surface area contributed by atoms with Crippen molar-refractivity contribution in [2.45, 2.75) is 0 Å². The molecule has 2 fully saturated rings. The number of thioether (sulfide) groups is 1. The van der Waals surface area contributed by atoms with Gasteiger partial charge in [-0.05, 0) is 36.4 Å². The fourth-order valence-corrected chi connectivity index (χ4v) is 6.40. The molecule has 4 aliphatic rings. The number of carbonyl (C=O) groups is 1. The van der Waals surface area contributed by atoms with Gasteiger partial charge in [0, 0.05) is 55.0 Å². The maximum Gasteiger partial charge on any atom is 0.256 e. The van der Waals surface area contributed by atoms with Crippen molar-refractivity contribution < 1.29 is 9.39 Å². The molecule has 0 spiro atoms. The molecule has 6 rings (SSSR count). The number of fused-ring (bicyclic) bond motifs is 1. The number of nitrogens with zero attached hydrogens (tertiary/aromatic N) is 6. The predicted molar refractivity (Wildman–Crippen MR) is 138 cm³/mol. The Morgan fingerprint density at radius 3 is 2.74 bits per heavy atom. The van der Waals surface area contributed by atoms with E-state index in [0.717, 1.165) is 66.9 Å². The van der Waals surface area contributed by atoms with Gasteiger partial charge in [0.25, 0.3) is 5.91 Å². The lowest BCUT2D eigenvalue weighted by Gasteiger charge is -2.44. The van der Waals surface area contributed by atoms with E-state index in [1.807, 2.05) is 53.1 Å². The van der Waals surface area contributed by atoms with Crippen LogP contribution in [0.1, 0.15) is 5.56 Å². The molecular weight excluding hydrogens is 456 g/mol. The standard InChI is InChI=1S/C27H27N6OS/c28-18-21-6-7-26(24(16-21)25-5-1-2-8-29-25)30-9-11-32(12-10-30)33-14-3-4-23(33)17-22(19-33)27(34)31-13-15-35-20-31/h1-8,14,16-17H,9-13,15,19-20H2/q+1/t33-/m1/s1. The number of aromatic nitrogens is 1. The van der Waals surface area contributed by atoms with Crippen molar-refractivity contribution in [3.05, 3.63) is 83.9 Å². The zero-order valence-corrected chi connectivity index (χ0v) is 20.3. The highest BCUT2D eigenvalue weighted by Crippen LogP contribution is 2.39. The number of hydrogen-bond donors (Lipinski definition) is 0. The number of benzene rings is 1. The van der Waals surface area contributed by atoms with Gasteiger partial charge in [-0.2, -0.15) is 9.85 Å². The lowest BCUT2D eigenvalue weighted by atomic mass is 10.0. The minimum absolute atomic E-state index is 0.187. The molecule has 0 N–H and O–H groups in total. The van der Waals surface area contributed by atoms with Crippen molar-refractivity contribution in [1.29, 1.82) is 5.26 Å². The van der Waals surface area contributed by atoms with Crippen LogP contribution in [0.5, 0.6) is 0 Å². The monoisotopic (exact) mass is 483 g/mol. The summed E-state index contributed by atoms with van der Waals surface area (Å²) in [4.78, 5) is 22.0. The van der Waals surface area contributed by atoms with Crippen LogP contribution in [0.2, 0.25) is 0 Å². The third-order valence-electron chi connectivity index (χ3n) is 7.26. The van der Waals surface area contributed by atoms with Crippen molar-refractivity contribution in [2.24, 2.45) is 0 Å². The first-order valence-corrected chi connectivity index (χ1v) is 13.1. The second-order valence-corrected chi connectivity index (χ2v) is 10.3. The van der Waals surface area contributed by atoms with Gasteiger partial charge in [-0.1, -0.05) is 6.07 Å². The molecule has 1 amide bonds. The highest BCUT2D eigenvalue weighted by Gasteiger charge is 2.48. The largest absolute Gasteiger partial charge is 0.368 e. The van der Waals surface area contributed by atoms with Crippen LogP contribution < -0.4 is 4.90 Å². The number of amides is 1. The molecule has 1 aromatic heterocycles. The summed E-state index contributed by atoms with van der Waals surface area (Å²) in [5.74, 6) is 2.01. The minimum Gasteiger partial charge on any atom is -0.368 e. The van der Waals surface area contributed by atoms with Gasteiger partial charge in [0.1, 0.15) is 12.7 Å². The van der Waals surface area contributed by atoms with E-state index in [9.17, 15) is 10.1 Å². The van der Waals surface area contributed by atoms with E-state index in [0.29, 0.717) is 16.7 Å².